The quantitative estimate of drug-likeness (QED) is 0.771. The predicted octanol–water partition coefficient (Wildman–Crippen LogP) is 1.43. The van der Waals surface area contributed by atoms with Gasteiger partial charge in [0.2, 0.25) is 11.8 Å². The lowest BCUT2D eigenvalue weighted by Crippen LogP contribution is -2.49. The smallest absolute Gasteiger partial charge is 0.242 e. The van der Waals surface area contributed by atoms with Crippen LogP contribution in [0.25, 0.3) is 0 Å². The first-order valence-corrected chi connectivity index (χ1v) is 8.44. The molecule has 0 aromatic heterocycles. The minimum Gasteiger partial charge on any atom is -0.354 e. The molecule has 5 nitrogen and oxygen atoms in total. The maximum Gasteiger partial charge on any atom is 0.242 e. The van der Waals surface area contributed by atoms with Gasteiger partial charge in [-0.25, -0.2) is 0 Å². The second-order valence-corrected chi connectivity index (χ2v) is 6.47. The van der Waals surface area contributed by atoms with E-state index in [1.165, 1.54) is 38.5 Å². The van der Waals surface area contributed by atoms with Gasteiger partial charge in [0.1, 0.15) is 6.04 Å². The van der Waals surface area contributed by atoms with Crippen LogP contribution in [0.15, 0.2) is 0 Å². The number of rotatable bonds is 4. The summed E-state index contributed by atoms with van der Waals surface area (Å²) < 4.78 is 0. The monoisotopic (exact) mass is 295 g/mol. The van der Waals surface area contributed by atoms with E-state index < -0.39 is 0 Å². The number of likely N-dealkylation sites (N-methyl/N-ethyl adjacent to an activating group) is 1. The van der Waals surface area contributed by atoms with Crippen LogP contribution < -0.4 is 10.6 Å². The molecule has 0 bridgehead atoms. The van der Waals surface area contributed by atoms with E-state index >= 15 is 0 Å². The SMILES string of the molecule is CN(CC(=O)N[C@H]1CCCCNC1=O)C1CCCCCC1. The third-order valence-electron chi connectivity index (χ3n) is 4.71. The summed E-state index contributed by atoms with van der Waals surface area (Å²) in [6, 6.07) is 0.170. The summed E-state index contributed by atoms with van der Waals surface area (Å²) in [5.41, 5.74) is 0. The van der Waals surface area contributed by atoms with Crippen molar-refractivity contribution in [2.75, 3.05) is 20.1 Å². The van der Waals surface area contributed by atoms with E-state index in [2.05, 4.69) is 15.5 Å². The molecule has 120 valence electrons. The molecule has 1 atom stereocenters. The normalized spacial score (nSPS) is 25.0. The predicted molar refractivity (Wildman–Crippen MR) is 82.9 cm³/mol. The first-order valence-electron chi connectivity index (χ1n) is 8.44. The molecule has 0 unspecified atom stereocenters. The van der Waals surface area contributed by atoms with Gasteiger partial charge in [-0.2, -0.15) is 0 Å². The molecule has 0 aromatic rings. The van der Waals surface area contributed by atoms with Crippen molar-refractivity contribution in [3.8, 4) is 0 Å². The highest BCUT2D eigenvalue weighted by atomic mass is 16.2. The fourth-order valence-corrected chi connectivity index (χ4v) is 3.37. The van der Waals surface area contributed by atoms with E-state index in [1.54, 1.807) is 0 Å². The van der Waals surface area contributed by atoms with Crippen molar-refractivity contribution in [3.05, 3.63) is 0 Å². The van der Waals surface area contributed by atoms with Crippen LogP contribution in [0.4, 0.5) is 0 Å². The molecular formula is C16H29N3O2. The molecule has 1 aliphatic heterocycles. The van der Waals surface area contributed by atoms with Crippen molar-refractivity contribution in [2.24, 2.45) is 0 Å². The molecule has 2 aliphatic rings. The zero-order valence-electron chi connectivity index (χ0n) is 13.2. The zero-order valence-corrected chi connectivity index (χ0v) is 13.2. The Morgan fingerprint density at radius 3 is 2.52 bits per heavy atom. The second kappa shape index (κ2) is 8.37. The number of carbonyl (C=O) groups excluding carboxylic acids is 2. The minimum absolute atomic E-state index is 0.0243. The zero-order chi connectivity index (χ0) is 15.1. The average Bonchev–Trinajstić information content (AvgIpc) is 2.83. The third kappa shape index (κ3) is 5.30. The lowest BCUT2D eigenvalue weighted by atomic mass is 10.1. The minimum atomic E-state index is -0.345. The van der Waals surface area contributed by atoms with Crippen molar-refractivity contribution in [3.63, 3.8) is 0 Å². The van der Waals surface area contributed by atoms with E-state index in [9.17, 15) is 9.59 Å². The molecule has 5 heteroatoms. The number of nitrogens with zero attached hydrogens (tertiary/aromatic N) is 1. The van der Waals surface area contributed by atoms with Crippen molar-refractivity contribution in [1.82, 2.24) is 15.5 Å². The molecule has 2 rings (SSSR count). The average molecular weight is 295 g/mol. The van der Waals surface area contributed by atoms with E-state index in [0.717, 1.165) is 25.8 Å². The van der Waals surface area contributed by atoms with Gasteiger partial charge in [-0.15, -0.1) is 0 Å². The number of nitrogens with one attached hydrogen (secondary N) is 2. The summed E-state index contributed by atoms with van der Waals surface area (Å²) in [6.07, 6.45) is 10.3. The van der Waals surface area contributed by atoms with E-state index in [4.69, 9.17) is 0 Å². The van der Waals surface area contributed by atoms with Crippen LogP contribution in [-0.4, -0.2) is 48.9 Å². The lowest BCUT2D eigenvalue weighted by Gasteiger charge is -2.27. The van der Waals surface area contributed by atoms with Crippen LogP contribution in [0.2, 0.25) is 0 Å². The summed E-state index contributed by atoms with van der Waals surface area (Å²) in [5.74, 6) is -0.0539. The number of hydrogen-bond acceptors (Lipinski definition) is 3. The van der Waals surface area contributed by atoms with E-state index in [0.29, 0.717) is 12.6 Å². The Bertz CT molecular complexity index is 351. The van der Waals surface area contributed by atoms with Crippen LogP contribution in [0.1, 0.15) is 57.8 Å². The van der Waals surface area contributed by atoms with Gasteiger partial charge in [0.05, 0.1) is 6.54 Å². The van der Waals surface area contributed by atoms with Gasteiger partial charge in [0, 0.05) is 12.6 Å². The fraction of sp³-hybridized carbons (Fsp3) is 0.875. The molecule has 0 aromatic carbocycles. The fourth-order valence-electron chi connectivity index (χ4n) is 3.37. The topological polar surface area (TPSA) is 61.4 Å². The van der Waals surface area contributed by atoms with Crippen LogP contribution in [0.3, 0.4) is 0 Å². The highest BCUT2D eigenvalue weighted by molar-refractivity contribution is 5.88. The Hall–Kier alpha value is -1.10. The largest absolute Gasteiger partial charge is 0.354 e. The third-order valence-corrected chi connectivity index (χ3v) is 4.71. The summed E-state index contributed by atoms with van der Waals surface area (Å²) in [4.78, 5) is 26.2. The van der Waals surface area contributed by atoms with Crippen molar-refractivity contribution < 1.29 is 9.59 Å². The number of amides is 2. The molecule has 2 amide bonds. The summed E-state index contributed by atoms with van der Waals surface area (Å²) in [6.45, 7) is 1.13. The van der Waals surface area contributed by atoms with Crippen molar-refractivity contribution >= 4 is 11.8 Å². The highest BCUT2D eigenvalue weighted by Crippen LogP contribution is 2.20. The molecule has 0 radical (unpaired) electrons. The van der Waals surface area contributed by atoms with Gasteiger partial charge < -0.3 is 10.6 Å². The molecule has 21 heavy (non-hydrogen) atoms. The summed E-state index contributed by atoms with van der Waals surface area (Å²) in [7, 11) is 2.03. The summed E-state index contributed by atoms with van der Waals surface area (Å²) in [5, 5.41) is 5.76. The molecule has 2 fully saturated rings. The van der Waals surface area contributed by atoms with Gasteiger partial charge in [0.25, 0.3) is 0 Å². The molecule has 1 aliphatic carbocycles. The van der Waals surface area contributed by atoms with E-state index in [1.807, 2.05) is 7.05 Å². The lowest BCUT2D eigenvalue weighted by molar-refractivity contribution is -0.129. The first kappa shape index (κ1) is 16.3. The number of carbonyl (C=O) groups is 2. The van der Waals surface area contributed by atoms with Crippen LogP contribution in [0, 0.1) is 0 Å². The number of hydrogen-bond donors (Lipinski definition) is 2. The summed E-state index contributed by atoms with van der Waals surface area (Å²) >= 11 is 0. The second-order valence-electron chi connectivity index (χ2n) is 6.47. The van der Waals surface area contributed by atoms with Crippen LogP contribution in [0.5, 0.6) is 0 Å². The van der Waals surface area contributed by atoms with Crippen LogP contribution in [-0.2, 0) is 9.59 Å². The van der Waals surface area contributed by atoms with Crippen LogP contribution >= 0.6 is 0 Å². The maximum atomic E-state index is 12.2. The van der Waals surface area contributed by atoms with Gasteiger partial charge in [-0.3, -0.25) is 14.5 Å². The molecular weight excluding hydrogens is 266 g/mol. The molecule has 1 saturated carbocycles. The molecule has 2 N–H and O–H groups in total. The first-order chi connectivity index (χ1) is 10.2. The standard InChI is InChI=1S/C16H29N3O2/c1-19(13-8-4-2-3-5-9-13)12-15(20)18-14-10-6-7-11-17-16(14)21/h13-14H,2-12H2,1H3,(H,17,21)(H,18,20)/t14-/m0/s1. The Morgan fingerprint density at radius 1 is 1.14 bits per heavy atom. The van der Waals surface area contributed by atoms with Gasteiger partial charge >= 0.3 is 0 Å². The van der Waals surface area contributed by atoms with Crippen molar-refractivity contribution in [2.45, 2.75) is 69.9 Å². The molecule has 0 spiro atoms. The van der Waals surface area contributed by atoms with Crippen molar-refractivity contribution in [1.29, 1.82) is 0 Å². The Labute approximate surface area is 127 Å². The molecule has 1 heterocycles. The van der Waals surface area contributed by atoms with E-state index in [-0.39, 0.29) is 17.9 Å². The van der Waals surface area contributed by atoms with Gasteiger partial charge in [-0.05, 0) is 39.2 Å². The van der Waals surface area contributed by atoms with Gasteiger partial charge in [-0.1, -0.05) is 25.7 Å². The Morgan fingerprint density at radius 2 is 1.81 bits per heavy atom. The Kier molecular flexibility index (Phi) is 6.49. The Balaban J connectivity index is 1.78. The highest BCUT2D eigenvalue weighted by Gasteiger charge is 2.24. The molecule has 1 saturated heterocycles. The van der Waals surface area contributed by atoms with Gasteiger partial charge in [0.15, 0.2) is 0 Å². The maximum absolute atomic E-state index is 12.2.